The highest BCUT2D eigenvalue weighted by molar-refractivity contribution is 9.10. The molecule has 1 amide bonds. The maximum atomic E-state index is 12.5. The smallest absolute Gasteiger partial charge is 0.268 e. The van der Waals surface area contributed by atoms with Crippen LogP contribution < -0.4 is 5.32 Å². The van der Waals surface area contributed by atoms with Crippen LogP contribution in [-0.2, 0) is 6.54 Å². The first-order valence-electron chi connectivity index (χ1n) is 7.82. The van der Waals surface area contributed by atoms with Crippen molar-refractivity contribution in [3.63, 3.8) is 0 Å². The van der Waals surface area contributed by atoms with Crippen molar-refractivity contribution >= 4 is 21.8 Å². The minimum absolute atomic E-state index is 0.0782. The van der Waals surface area contributed by atoms with Crippen molar-refractivity contribution in [1.82, 2.24) is 9.88 Å². The molecule has 2 rings (SSSR count). The number of carbonyl (C=O) groups excluding carboxylic acids is 1. The molecule has 1 saturated carbocycles. The number of halogens is 1. The van der Waals surface area contributed by atoms with Gasteiger partial charge in [-0.3, -0.25) is 4.79 Å². The number of hydrogen-bond acceptors (Lipinski definition) is 1. The third-order valence-electron chi connectivity index (χ3n) is 4.31. The van der Waals surface area contributed by atoms with Crippen LogP contribution in [0, 0.1) is 5.92 Å². The summed E-state index contributed by atoms with van der Waals surface area (Å²) in [5.74, 6) is 0.722. The van der Waals surface area contributed by atoms with E-state index in [0.29, 0.717) is 12.0 Å². The van der Waals surface area contributed by atoms with Crippen molar-refractivity contribution in [3.8, 4) is 0 Å². The molecule has 1 aliphatic rings. The maximum Gasteiger partial charge on any atom is 0.268 e. The fourth-order valence-electron chi connectivity index (χ4n) is 3.22. The Morgan fingerprint density at radius 3 is 2.85 bits per heavy atom. The Morgan fingerprint density at radius 1 is 1.40 bits per heavy atom. The second-order valence-electron chi connectivity index (χ2n) is 5.77. The average Bonchev–Trinajstić information content (AvgIpc) is 2.81. The highest BCUT2D eigenvalue weighted by Gasteiger charge is 2.26. The molecular weight excluding hydrogens is 316 g/mol. The number of aromatic nitrogens is 1. The summed E-state index contributed by atoms with van der Waals surface area (Å²) < 4.78 is 3.02. The molecule has 112 valence electrons. The number of nitrogens with one attached hydrogen (secondary N) is 1. The molecule has 4 heteroatoms. The molecule has 0 aromatic carbocycles. The molecule has 2 atom stereocenters. The van der Waals surface area contributed by atoms with Crippen LogP contribution >= 0.6 is 15.9 Å². The van der Waals surface area contributed by atoms with Gasteiger partial charge in [0.2, 0.25) is 0 Å². The van der Waals surface area contributed by atoms with E-state index in [1.54, 1.807) is 0 Å². The van der Waals surface area contributed by atoms with Crippen LogP contribution in [0.3, 0.4) is 0 Å². The predicted octanol–water partition coefficient (Wildman–Crippen LogP) is 4.36. The summed E-state index contributed by atoms with van der Waals surface area (Å²) in [4.78, 5) is 12.5. The van der Waals surface area contributed by atoms with Gasteiger partial charge in [0.25, 0.3) is 5.91 Å². The minimum atomic E-state index is 0.0782. The molecule has 0 saturated heterocycles. The Bertz CT molecular complexity index is 455. The Kier molecular flexibility index (Phi) is 5.70. The molecule has 0 bridgehead atoms. The highest BCUT2D eigenvalue weighted by Crippen LogP contribution is 2.27. The lowest BCUT2D eigenvalue weighted by Crippen LogP contribution is -2.42. The summed E-state index contributed by atoms with van der Waals surface area (Å²) in [6, 6.07) is 2.28. The molecule has 2 unspecified atom stereocenters. The van der Waals surface area contributed by atoms with Gasteiger partial charge in [-0.15, -0.1) is 0 Å². The van der Waals surface area contributed by atoms with Gasteiger partial charge in [-0.05, 0) is 47.2 Å². The monoisotopic (exact) mass is 340 g/mol. The van der Waals surface area contributed by atoms with Crippen LogP contribution in [0.1, 0.15) is 62.9 Å². The molecule has 1 aromatic rings. The van der Waals surface area contributed by atoms with Crippen LogP contribution in [0.5, 0.6) is 0 Å². The van der Waals surface area contributed by atoms with Crippen LogP contribution in [0.2, 0.25) is 0 Å². The van der Waals surface area contributed by atoms with Crippen molar-refractivity contribution in [2.45, 2.75) is 65.0 Å². The first kappa shape index (κ1) is 15.6. The number of aryl methyl sites for hydroxylation is 1. The van der Waals surface area contributed by atoms with Crippen molar-refractivity contribution in [2.24, 2.45) is 5.92 Å². The van der Waals surface area contributed by atoms with Crippen LogP contribution in [0.25, 0.3) is 0 Å². The van der Waals surface area contributed by atoms with E-state index in [9.17, 15) is 4.79 Å². The van der Waals surface area contributed by atoms with E-state index in [0.717, 1.165) is 36.0 Å². The van der Waals surface area contributed by atoms with Crippen molar-refractivity contribution in [3.05, 3.63) is 22.4 Å². The zero-order valence-electron chi connectivity index (χ0n) is 12.5. The summed E-state index contributed by atoms with van der Waals surface area (Å²) in [6.45, 7) is 5.24. The van der Waals surface area contributed by atoms with Crippen LogP contribution in [0.4, 0.5) is 0 Å². The molecule has 1 N–H and O–H groups in total. The second-order valence-corrected chi connectivity index (χ2v) is 6.69. The van der Waals surface area contributed by atoms with E-state index in [1.807, 2.05) is 16.8 Å². The van der Waals surface area contributed by atoms with E-state index in [4.69, 9.17) is 0 Å². The lowest BCUT2D eigenvalue weighted by Gasteiger charge is -2.31. The van der Waals surface area contributed by atoms with Gasteiger partial charge in [0, 0.05) is 23.3 Å². The lowest BCUT2D eigenvalue weighted by atomic mass is 9.83. The van der Waals surface area contributed by atoms with Gasteiger partial charge >= 0.3 is 0 Å². The standard InChI is InChI=1S/C16H25BrN2O/c1-3-9-19-11-13(17)10-15(19)16(20)18-14-8-6-5-7-12(14)4-2/h10-12,14H,3-9H2,1-2H3,(H,18,20). The molecule has 1 aliphatic carbocycles. The van der Waals surface area contributed by atoms with Gasteiger partial charge < -0.3 is 9.88 Å². The minimum Gasteiger partial charge on any atom is -0.348 e. The molecule has 0 aliphatic heterocycles. The van der Waals surface area contributed by atoms with Crippen LogP contribution in [-0.4, -0.2) is 16.5 Å². The number of hydrogen-bond donors (Lipinski definition) is 1. The van der Waals surface area contributed by atoms with Crippen molar-refractivity contribution in [1.29, 1.82) is 0 Å². The maximum absolute atomic E-state index is 12.5. The molecule has 0 radical (unpaired) electrons. The highest BCUT2D eigenvalue weighted by atomic mass is 79.9. The SMILES string of the molecule is CCCn1cc(Br)cc1C(=O)NC1CCCCC1CC. The molecule has 1 fully saturated rings. The van der Waals surface area contributed by atoms with E-state index in [-0.39, 0.29) is 5.91 Å². The summed E-state index contributed by atoms with van der Waals surface area (Å²) in [5, 5.41) is 3.27. The average molecular weight is 341 g/mol. The fraction of sp³-hybridized carbons (Fsp3) is 0.688. The van der Waals surface area contributed by atoms with Gasteiger partial charge in [-0.25, -0.2) is 0 Å². The third kappa shape index (κ3) is 3.66. The lowest BCUT2D eigenvalue weighted by molar-refractivity contribution is 0.0895. The topological polar surface area (TPSA) is 34.0 Å². The van der Waals surface area contributed by atoms with Crippen molar-refractivity contribution in [2.75, 3.05) is 0 Å². The summed E-state index contributed by atoms with van der Waals surface area (Å²) in [7, 11) is 0. The second kappa shape index (κ2) is 7.30. The number of amides is 1. The molecule has 3 nitrogen and oxygen atoms in total. The van der Waals surface area contributed by atoms with Gasteiger partial charge in [0.05, 0.1) is 0 Å². The number of rotatable bonds is 5. The Morgan fingerprint density at radius 2 is 2.15 bits per heavy atom. The van der Waals surface area contributed by atoms with Gasteiger partial charge in [-0.2, -0.15) is 0 Å². The Balaban J connectivity index is 2.07. The van der Waals surface area contributed by atoms with Gasteiger partial charge in [-0.1, -0.05) is 33.1 Å². The van der Waals surface area contributed by atoms with Gasteiger partial charge in [0.1, 0.15) is 5.69 Å². The van der Waals surface area contributed by atoms with E-state index in [1.165, 1.54) is 19.3 Å². The number of carbonyl (C=O) groups is 1. The summed E-state index contributed by atoms with van der Waals surface area (Å²) in [5.41, 5.74) is 0.777. The quantitative estimate of drug-likeness (QED) is 0.848. The largest absolute Gasteiger partial charge is 0.348 e. The normalized spacial score (nSPS) is 22.8. The first-order chi connectivity index (χ1) is 9.65. The zero-order valence-corrected chi connectivity index (χ0v) is 14.1. The number of nitrogens with zero attached hydrogens (tertiary/aromatic N) is 1. The molecule has 1 heterocycles. The summed E-state index contributed by atoms with van der Waals surface area (Å²) in [6.07, 6.45) is 9.11. The predicted molar refractivity (Wildman–Crippen MR) is 85.9 cm³/mol. The van der Waals surface area contributed by atoms with Crippen molar-refractivity contribution < 1.29 is 4.79 Å². The first-order valence-corrected chi connectivity index (χ1v) is 8.61. The molecule has 1 aromatic heterocycles. The molecule has 20 heavy (non-hydrogen) atoms. The Labute approximate surface area is 130 Å². The van der Waals surface area contributed by atoms with E-state index in [2.05, 4.69) is 35.1 Å². The fourth-order valence-corrected chi connectivity index (χ4v) is 3.68. The third-order valence-corrected chi connectivity index (χ3v) is 4.74. The Hall–Kier alpha value is -0.770. The van der Waals surface area contributed by atoms with E-state index < -0.39 is 0 Å². The van der Waals surface area contributed by atoms with Crippen LogP contribution in [0.15, 0.2) is 16.7 Å². The zero-order chi connectivity index (χ0) is 14.5. The molecule has 0 spiro atoms. The molecular formula is C16H25BrN2O. The van der Waals surface area contributed by atoms with E-state index >= 15 is 0 Å². The van der Waals surface area contributed by atoms with Gasteiger partial charge in [0.15, 0.2) is 0 Å². The summed E-state index contributed by atoms with van der Waals surface area (Å²) >= 11 is 3.47.